The Kier molecular flexibility index (Phi) is 5.16. The van der Waals surface area contributed by atoms with E-state index in [2.05, 4.69) is 10.5 Å². The van der Waals surface area contributed by atoms with Gasteiger partial charge in [-0.2, -0.15) is 0 Å². The van der Waals surface area contributed by atoms with Crippen molar-refractivity contribution in [1.82, 2.24) is 5.32 Å². The number of hydrogen-bond acceptors (Lipinski definition) is 4. The molecule has 0 bridgehead atoms. The third-order valence-corrected chi connectivity index (χ3v) is 3.78. The second-order valence-corrected chi connectivity index (χ2v) is 5.34. The van der Waals surface area contributed by atoms with Gasteiger partial charge in [0, 0.05) is 24.1 Å². The highest BCUT2D eigenvalue weighted by Crippen LogP contribution is 2.16. The molecule has 1 aliphatic rings. The van der Waals surface area contributed by atoms with Crippen LogP contribution in [0.25, 0.3) is 0 Å². The molecule has 1 aliphatic heterocycles. The van der Waals surface area contributed by atoms with Crippen LogP contribution in [0.15, 0.2) is 29.4 Å². The van der Waals surface area contributed by atoms with Crippen molar-refractivity contribution < 1.29 is 14.7 Å². The molecule has 1 saturated heterocycles. The SMILES string of the molecule is CC(NC(=O)Cc1ccc(/C(N)=N/O)cc1)C1CCOC1. The van der Waals surface area contributed by atoms with Gasteiger partial charge in [0.1, 0.15) is 0 Å². The van der Waals surface area contributed by atoms with Crippen LogP contribution in [0.1, 0.15) is 24.5 Å². The molecular formula is C15H21N3O3. The molecule has 0 aliphatic carbocycles. The predicted octanol–water partition coefficient (Wildman–Crippen LogP) is 0.865. The summed E-state index contributed by atoms with van der Waals surface area (Å²) in [6, 6.07) is 7.18. The molecule has 0 spiro atoms. The average molecular weight is 291 g/mol. The molecule has 21 heavy (non-hydrogen) atoms. The van der Waals surface area contributed by atoms with E-state index in [1.807, 2.05) is 6.92 Å². The molecule has 2 unspecified atom stereocenters. The summed E-state index contributed by atoms with van der Waals surface area (Å²) >= 11 is 0. The first-order chi connectivity index (χ1) is 10.1. The second-order valence-electron chi connectivity index (χ2n) is 5.34. The monoisotopic (exact) mass is 291 g/mol. The van der Waals surface area contributed by atoms with Crippen molar-refractivity contribution in [2.24, 2.45) is 16.8 Å². The molecule has 6 heteroatoms. The van der Waals surface area contributed by atoms with Crippen molar-refractivity contribution in [3.63, 3.8) is 0 Å². The number of oxime groups is 1. The zero-order valence-corrected chi connectivity index (χ0v) is 12.1. The summed E-state index contributed by atoms with van der Waals surface area (Å²) in [5.74, 6) is 0.448. The minimum absolute atomic E-state index is 0.00838. The summed E-state index contributed by atoms with van der Waals surface area (Å²) in [4.78, 5) is 12.0. The van der Waals surface area contributed by atoms with Crippen LogP contribution in [0.3, 0.4) is 0 Å². The lowest BCUT2D eigenvalue weighted by molar-refractivity contribution is -0.121. The first-order valence-corrected chi connectivity index (χ1v) is 7.04. The van der Waals surface area contributed by atoms with Gasteiger partial charge in [-0.05, 0) is 18.9 Å². The fourth-order valence-corrected chi connectivity index (χ4v) is 2.41. The smallest absolute Gasteiger partial charge is 0.224 e. The Labute approximate surface area is 124 Å². The van der Waals surface area contributed by atoms with Crippen LogP contribution in [0, 0.1) is 5.92 Å². The third-order valence-electron chi connectivity index (χ3n) is 3.78. The van der Waals surface area contributed by atoms with Gasteiger partial charge in [-0.15, -0.1) is 0 Å². The van der Waals surface area contributed by atoms with Gasteiger partial charge in [0.25, 0.3) is 0 Å². The standard InChI is InChI=1S/C15H21N3O3/c1-10(13-6-7-21-9-13)17-14(19)8-11-2-4-12(5-3-11)15(16)18-20/h2-5,10,13,20H,6-9H2,1H3,(H2,16,18)(H,17,19). The fourth-order valence-electron chi connectivity index (χ4n) is 2.41. The Hall–Kier alpha value is -2.08. The van der Waals surface area contributed by atoms with E-state index in [4.69, 9.17) is 15.7 Å². The Bertz CT molecular complexity index is 507. The third kappa shape index (κ3) is 4.19. The molecule has 0 saturated carbocycles. The number of carbonyl (C=O) groups is 1. The van der Waals surface area contributed by atoms with Gasteiger partial charge in [-0.1, -0.05) is 29.4 Å². The quantitative estimate of drug-likeness (QED) is 0.324. The highest BCUT2D eigenvalue weighted by Gasteiger charge is 2.23. The average Bonchev–Trinajstić information content (AvgIpc) is 3.01. The van der Waals surface area contributed by atoms with E-state index in [0.717, 1.165) is 25.2 Å². The van der Waals surface area contributed by atoms with Crippen molar-refractivity contribution in [3.05, 3.63) is 35.4 Å². The number of hydrogen-bond donors (Lipinski definition) is 3. The van der Waals surface area contributed by atoms with E-state index in [-0.39, 0.29) is 17.8 Å². The van der Waals surface area contributed by atoms with Gasteiger partial charge in [0.05, 0.1) is 13.0 Å². The number of nitrogens with one attached hydrogen (secondary N) is 1. The van der Waals surface area contributed by atoms with Crippen LogP contribution in [-0.4, -0.2) is 36.2 Å². The minimum atomic E-state index is -0.00838. The van der Waals surface area contributed by atoms with E-state index in [0.29, 0.717) is 17.9 Å². The Balaban J connectivity index is 1.87. The second kappa shape index (κ2) is 7.08. The van der Waals surface area contributed by atoms with E-state index in [1.165, 1.54) is 0 Å². The van der Waals surface area contributed by atoms with Crippen molar-refractivity contribution in [1.29, 1.82) is 0 Å². The minimum Gasteiger partial charge on any atom is -0.409 e. The number of benzene rings is 1. The number of rotatable bonds is 5. The van der Waals surface area contributed by atoms with E-state index in [1.54, 1.807) is 24.3 Å². The van der Waals surface area contributed by atoms with Crippen LogP contribution in [-0.2, 0) is 16.0 Å². The summed E-state index contributed by atoms with van der Waals surface area (Å²) in [6.07, 6.45) is 1.31. The summed E-state index contributed by atoms with van der Waals surface area (Å²) in [5, 5.41) is 14.5. The summed E-state index contributed by atoms with van der Waals surface area (Å²) < 4.78 is 5.33. The molecule has 1 heterocycles. The predicted molar refractivity (Wildman–Crippen MR) is 79.2 cm³/mol. The van der Waals surface area contributed by atoms with Gasteiger partial charge < -0.3 is 21.0 Å². The molecule has 1 aromatic carbocycles. The van der Waals surface area contributed by atoms with E-state index >= 15 is 0 Å². The molecule has 1 aromatic rings. The summed E-state index contributed by atoms with van der Waals surface area (Å²) in [5.41, 5.74) is 7.00. The first-order valence-electron chi connectivity index (χ1n) is 7.04. The van der Waals surface area contributed by atoms with Gasteiger partial charge in [-0.25, -0.2) is 0 Å². The van der Waals surface area contributed by atoms with Gasteiger partial charge in [0.2, 0.25) is 5.91 Å². The van der Waals surface area contributed by atoms with Crippen LogP contribution in [0.2, 0.25) is 0 Å². The zero-order chi connectivity index (χ0) is 15.2. The summed E-state index contributed by atoms with van der Waals surface area (Å²) in [6.45, 7) is 3.51. The van der Waals surface area contributed by atoms with Crippen LogP contribution in [0.4, 0.5) is 0 Å². The molecule has 2 atom stereocenters. The maximum absolute atomic E-state index is 12.0. The molecule has 4 N–H and O–H groups in total. The van der Waals surface area contributed by atoms with Gasteiger partial charge in [-0.3, -0.25) is 4.79 Å². The van der Waals surface area contributed by atoms with Crippen molar-refractivity contribution >= 4 is 11.7 Å². The molecule has 0 aromatic heterocycles. The molecule has 0 radical (unpaired) electrons. The highest BCUT2D eigenvalue weighted by molar-refractivity contribution is 5.97. The van der Waals surface area contributed by atoms with Crippen molar-refractivity contribution in [3.8, 4) is 0 Å². The lowest BCUT2D eigenvalue weighted by Gasteiger charge is -2.19. The Morgan fingerprint density at radius 3 is 2.81 bits per heavy atom. The van der Waals surface area contributed by atoms with Crippen LogP contribution in [0.5, 0.6) is 0 Å². The number of amides is 1. The lowest BCUT2D eigenvalue weighted by atomic mass is 10.0. The van der Waals surface area contributed by atoms with Crippen molar-refractivity contribution in [2.45, 2.75) is 25.8 Å². The van der Waals surface area contributed by atoms with E-state index < -0.39 is 0 Å². The zero-order valence-electron chi connectivity index (χ0n) is 12.1. The first kappa shape index (κ1) is 15.3. The molecule has 2 rings (SSSR count). The topological polar surface area (TPSA) is 96.9 Å². The molecular weight excluding hydrogens is 270 g/mol. The largest absolute Gasteiger partial charge is 0.409 e. The molecule has 114 valence electrons. The highest BCUT2D eigenvalue weighted by atomic mass is 16.5. The number of ether oxygens (including phenoxy) is 1. The molecule has 6 nitrogen and oxygen atoms in total. The number of amidine groups is 1. The lowest BCUT2D eigenvalue weighted by Crippen LogP contribution is -2.39. The van der Waals surface area contributed by atoms with Gasteiger partial charge >= 0.3 is 0 Å². The van der Waals surface area contributed by atoms with E-state index in [9.17, 15) is 4.79 Å². The number of nitrogens with zero attached hydrogens (tertiary/aromatic N) is 1. The van der Waals surface area contributed by atoms with Crippen LogP contribution < -0.4 is 11.1 Å². The number of nitrogens with two attached hydrogens (primary N) is 1. The Morgan fingerprint density at radius 2 is 2.24 bits per heavy atom. The van der Waals surface area contributed by atoms with Crippen molar-refractivity contribution in [2.75, 3.05) is 13.2 Å². The molecule has 1 fully saturated rings. The maximum Gasteiger partial charge on any atom is 0.224 e. The summed E-state index contributed by atoms with van der Waals surface area (Å²) in [7, 11) is 0. The fraction of sp³-hybridized carbons (Fsp3) is 0.467. The molecule has 1 amide bonds. The Morgan fingerprint density at radius 1 is 1.52 bits per heavy atom. The maximum atomic E-state index is 12.0. The number of carbonyl (C=O) groups excluding carboxylic acids is 1. The normalized spacial score (nSPS) is 20.2. The van der Waals surface area contributed by atoms with Crippen LogP contribution >= 0.6 is 0 Å². The van der Waals surface area contributed by atoms with Gasteiger partial charge in [0.15, 0.2) is 5.84 Å².